The number of hydrogen-bond donors (Lipinski definition) is 2. The van der Waals surface area contributed by atoms with E-state index < -0.39 is 10.0 Å². The molecule has 0 aliphatic heterocycles. The lowest BCUT2D eigenvalue weighted by Crippen LogP contribution is -2.27. The van der Waals surface area contributed by atoms with Crippen LogP contribution in [0.1, 0.15) is 10.7 Å². The molecule has 0 fully saturated rings. The van der Waals surface area contributed by atoms with Crippen molar-refractivity contribution in [2.75, 3.05) is 12.3 Å². The van der Waals surface area contributed by atoms with Gasteiger partial charge in [0.1, 0.15) is 4.90 Å². The summed E-state index contributed by atoms with van der Waals surface area (Å²) >= 11 is 13.2. The molecular formula is C12H13Cl2N3O2S2. The first-order chi connectivity index (χ1) is 9.79. The highest BCUT2D eigenvalue weighted by Gasteiger charge is 2.21. The van der Waals surface area contributed by atoms with Crippen molar-refractivity contribution in [3.05, 3.63) is 38.3 Å². The standard InChI is InChI=1S/C12H13Cl2N3O2S2/c1-7-6-20-11(17-7)2-3-16-21(18,19)12-9(14)4-8(13)5-10(12)15/h4-6,16H,2-3,15H2,1H3. The maximum Gasteiger partial charge on any atom is 0.244 e. The van der Waals surface area contributed by atoms with E-state index in [1.165, 1.54) is 23.5 Å². The number of nitrogens with one attached hydrogen (secondary N) is 1. The average molecular weight is 366 g/mol. The van der Waals surface area contributed by atoms with Gasteiger partial charge in [-0.25, -0.2) is 18.1 Å². The van der Waals surface area contributed by atoms with Crippen LogP contribution in [0.5, 0.6) is 0 Å². The molecule has 0 aliphatic rings. The Bertz CT molecular complexity index is 737. The number of nitrogens with two attached hydrogens (primary N) is 1. The molecule has 114 valence electrons. The largest absolute Gasteiger partial charge is 0.398 e. The maximum atomic E-state index is 12.2. The van der Waals surface area contributed by atoms with Crippen LogP contribution in [0, 0.1) is 6.92 Å². The van der Waals surface area contributed by atoms with Crippen molar-refractivity contribution in [1.29, 1.82) is 0 Å². The summed E-state index contributed by atoms with van der Waals surface area (Å²) in [6, 6.07) is 2.70. The fraction of sp³-hybridized carbons (Fsp3) is 0.250. The summed E-state index contributed by atoms with van der Waals surface area (Å²) in [5.74, 6) is 0. The van der Waals surface area contributed by atoms with E-state index in [2.05, 4.69) is 9.71 Å². The van der Waals surface area contributed by atoms with Gasteiger partial charge in [-0.2, -0.15) is 0 Å². The van der Waals surface area contributed by atoms with Crippen LogP contribution < -0.4 is 10.5 Å². The van der Waals surface area contributed by atoms with Crippen LogP contribution >= 0.6 is 34.5 Å². The molecule has 1 aromatic carbocycles. The third-order valence-electron chi connectivity index (χ3n) is 2.60. The van der Waals surface area contributed by atoms with Gasteiger partial charge in [0.25, 0.3) is 0 Å². The molecule has 9 heteroatoms. The Kier molecular flexibility index (Phi) is 5.11. The Morgan fingerprint density at radius 3 is 2.67 bits per heavy atom. The monoisotopic (exact) mass is 365 g/mol. The number of aryl methyl sites for hydroxylation is 1. The summed E-state index contributed by atoms with van der Waals surface area (Å²) in [7, 11) is -3.79. The van der Waals surface area contributed by atoms with E-state index in [9.17, 15) is 8.42 Å². The zero-order valence-corrected chi connectivity index (χ0v) is 14.2. The first-order valence-electron chi connectivity index (χ1n) is 5.95. The lowest BCUT2D eigenvalue weighted by atomic mass is 10.3. The van der Waals surface area contributed by atoms with Crippen molar-refractivity contribution in [2.24, 2.45) is 0 Å². The second kappa shape index (κ2) is 6.50. The maximum absolute atomic E-state index is 12.2. The van der Waals surface area contributed by atoms with Gasteiger partial charge in [-0.05, 0) is 19.1 Å². The highest BCUT2D eigenvalue weighted by atomic mass is 35.5. The van der Waals surface area contributed by atoms with Crippen LogP contribution in [0.3, 0.4) is 0 Å². The van der Waals surface area contributed by atoms with Gasteiger partial charge in [0.15, 0.2) is 0 Å². The number of thiazole rings is 1. The highest BCUT2D eigenvalue weighted by Crippen LogP contribution is 2.30. The summed E-state index contributed by atoms with van der Waals surface area (Å²) in [5, 5.41) is 3.07. The van der Waals surface area contributed by atoms with Gasteiger partial charge in [0, 0.05) is 29.1 Å². The minimum absolute atomic E-state index is 0.00223. The molecule has 2 aromatic rings. The summed E-state index contributed by atoms with van der Waals surface area (Å²) in [6.07, 6.45) is 0.503. The van der Waals surface area contributed by atoms with Crippen molar-refractivity contribution in [2.45, 2.75) is 18.2 Å². The number of aromatic nitrogens is 1. The second-order valence-corrected chi connectivity index (χ2v) is 7.83. The van der Waals surface area contributed by atoms with E-state index in [-0.39, 0.29) is 27.2 Å². The number of nitrogens with zero attached hydrogens (tertiary/aromatic N) is 1. The smallest absolute Gasteiger partial charge is 0.244 e. The Labute approximate surface area is 137 Å². The minimum Gasteiger partial charge on any atom is -0.398 e. The van der Waals surface area contributed by atoms with Gasteiger partial charge >= 0.3 is 0 Å². The lowest BCUT2D eigenvalue weighted by molar-refractivity contribution is 0.582. The van der Waals surface area contributed by atoms with E-state index >= 15 is 0 Å². The molecule has 0 spiro atoms. The predicted molar refractivity (Wildman–Crippen MR) is 86.6 cm³/mol. The van der Waals surface area contributed by atoms with Crippen molar-refractivity contribution in [3.8, 4) is 0 Å². The first kappa shape index (κ1) is 16.5. The molecule has 21 heavy (non-hydrogen) atoms. The summed E-state index contributed by atoms with van der Waals surface area (Å²) in [6.45, 7) is 2.10. The van der Waals surface area contributed by atoms with Crippen LogP contribution in [-0.2, 0) is 16.4 Å². The zero-order valence-electron chi connectivity index (χ0n) is 11.1. The summed E-state index contributed by atoms with van der Waals surface area (Å²) < 4.78 is 27.0. The number of rotatable bonds is 5. The van der Waals surface area contributed by atoms with E-state index in [0.717, 1.165) is 10.7 Å². The molecule has 1 aromatic heterocycles. The molecule has 0 radical (unpaired) electrons. The average Bonchev–Trinajstić information content (AvgIpc) is 2.72. The number of benzene rings is 1. The van der Waals surface area contributed by atoms with Crippen molar-refractivity contribution in [1.82, 2.24) is 9.71 Å². The molecule has 0 saturated heterocycles. The van der Waals surface area contributed by atoms with Crippen molar-refractivity contribution >= 4 is 50.2 Å². The molecule has 0 unspecified atom stereocenters. The van der Waals surface area contributed by atoms with Gasteiger partial charge in [0.05, 0.1) is 15.7 Å². The quantitative estimate of drug-likeness (QED) is 0.797. The summed E-state index contributed by atoms with van der Waals surface area (Å²) in [4.78, 5) is 4.12. The molecule has 0 atom stereocenters. The number of anilines is 1. The minimum atomic E-state index is -3.79. The molecule has 1 heterocycles. The molecule has 0 saturated carbocycles. The van der Waals surface area contributed by atoms with Crippen LogP contribution in [0.2, 0.25) is 10.0 Å². The van der Waals surface area contributed by atoms with Gasteiger partial charge in [0.2, 0.25) is 10.0 Å². The fourth-order valence-corrected chi connectivity index (χ4v) is 4.54. The van der Waals surface area contributed by atoms with Crippen LogP contribution in [0.25, 0.3) is 0 Å². The Morgan fingerprint density at radius 2 is 2.10 bits per heavy atom. The van der Waals surface area contributed by atoms with E-state index in [0.29, 0.717) is 6.42 Å². The van der Waals surface area contributed by atoms with E-state index in [1.54, 1.807) is 0 Å². The van der Waals surface area contributed by atoms with E-state index in [1.807, 2.05) is 12.3 Å². The Hall–Kier alpha value is -0.860. The predicted octanol–water partition coefficient (Wildman–Crippen LogP) is 2.86. The molecule has 0 bridgehead atoms. The van der Waals surface area contributed by atoms with Crippen LogP contribution in [0.15, 0.2) is 22.4 Å². The lowest BCUT2D eigenvalue weighted by Gasteiger charge is -2.10. The second-order valence-electron chi connectivity index (χ2n) is 4.34. The molecule has 0 aliphatic carbocycles. The fourth-order valence-electron chi connectivity index (χ4n) is 1.75. The van der Waals surface area contributed by atoms with E-state index in [4.69, 9.17) is 28.9 Å². The van der Waals surface area contributed by atoms with Gasteiger partial charge in [-0.3, -0.25) is 0 Å². The summed E-state index contributed by atoms with van der Waals surface area (Å²) in [5.41, 5.74) is 6.63. The van der Waals surface area contributed by atoms with Crippen molar-refractivity contribution in [3.63, 3.8) is 0 Å². The van der Waals surface area contributed by atoms with Gasteiger partial charge in [-0.15, -0.1) is 11.3 Å². The zero-order chi connectivity index (χ0) is 15.6. The first-order valence-corrected chi connectivity index (χ1v) is 9.06. The Morgan fingerprint density at radius 1 is 1.38 bits per heavy atom. The van der Waals surface area contributed by atoms with Gasteiger partial charge in [-0.1, -0.05) is 23.2 Å². The number of hydrogen-bond acceptors (Lipinski definition) is 5. The van der Waals surface area contributed by atoms with Crippen LogP contribution in [-0.4, -0.2) is 19.9 Å². The highest BCUT2D eigenvalue weighted by molar-refractivity contribution is 7.89. The molecule has 3 N–H and O–H groups in total. The molecular weight excluding hydrogens is 353 g/mol. The number of nitrogen functional groups attached to an aromatic ring is 1. The normalized spacial score (nSPS) is 11.8. The molecule has 5 nitrogen and oxygen atoms in total. The Balaban J connectivity index is 2.12. The third-order valence-corrected chi connectivity index (χ3v) is 5.84. The molecule has 2 rings (SSSR count). The number of halogens is 2. The number of sulfonamides is 1. The van der Waals surface area contributed by atoms with Crippen LogP contribution in [0.4, 0.5) is 5.69 Å². The van der Waals surface area contributed by atoms with Crippen molar-refractivity contribution < 1.29 is 8.42 Å². The van der Waals surface area contributed by atoms with Gasteiger partial charge < -0.3 is 5.73 Å². The topological polar surface area (TPSA) is 85.1 Å². The molecule has 0 amide bonds. The SMILES string of the molecule is Cc1csc(CCNS(=O)(=O)c2c(N)cc(Cl)cc2Cl)n1. The third kappa shape index (κ3) is 4.08.